The molecule has 0 saturated heterocycles. The highest BCUT2D eigenvalue weighted by atomic mass is 15.1. The van der Waals surface area contributed by atoms with Gasteiger partial charge in [-0.1, -0.05) is 24.3 Å². The van der Waals surface area contributed by atoms with E-state index >= 15 is 0 Å². The van der Waals surface area contributed by atoms with Crippen molar-refractivity contribution in [3.63, 3.8) is 0 Å². The summed E-state index contributed by atoms with van der Waals surface area (Å²) in [5.41, 5.74) is 7.89. The highest BCUT2D eigenvalue weighted by molar-refractivity contribution is 5.55. The molecule has 1 rings (SSSR count). The quantitative estimate of drug-likeness (QED) is 0.798. The van der Waals surface area contributed by atoms with Crippen LogP contribution in [-0.4, -0.2) is 19.6 Å². The van der Waals surface area contributed by atoms with Crippen LogP contribution in [0.1, 0.15) is 19.4 Å². The van der Waals surface area contributed by atoms with Crippen LogP contribution in [0.15, 0.2) is 30.3 Å². The molecule has 1 aromatic carbocycles. The predicted octanol–water partition coefficient (Wildman–Crippen LogP) is 2.50. The van der Waals surface area contributed by atoms with Gasteiger partial charge in [-0.2, -0.15) is 0 Å². The molecule has 0 aromatic heterocycles. The maximum atomic E-state index is 5.40. The smallest absolute Gasteiger partial charge is 0.0366 e. The minimum absolute atomic E-state index is 0.595. The molecule has 15 heavy (non-hydrogen) atoms. The minimum Gasteiger partial charge on any atom is -0.372 e. The second kappa shape index (κ2) is 6.25. The van der Waals surface area contributed by atoms with Gasteiger partial charge in [0.05, 0.1) is 0 Å². The van der Waals surface area contributed by atoms with E-state index in [1.54, 1.807) is 0 Å². The summed E-state index contributed by atoms with van der Waals surface area (Å²) >= 11 is 0. The zero-order chi connectivity index (χ0) is 11.1. The lowest BCUT2D eigenvalue weighted by atomic mass is 10.2. The molecular formula is C13H20N2. The van der Waals surface area contributed by atoms with Crippen LogP contribution in [0.25, 0.3) is 6.08 Å². The van der Waals surface area contributed by atoms with Crippen molar-refractivity contribution in [3.8, 4) is 0 Å². The van der Waals surface area contributed by atoms with Crippen LogP contribution in [0, 0.1) is 0 Å². The fourth-order valence-corrected chi connectivity index (χ4v) is 1.59. The van der Waals surface area contributed by atoms with E-state index < -0.39 is 0 Å². The Hall–Kier alpha value is -1.28. The third-order valence-corrected chi connectivity index (χ3v) is 2.47. The Labute approximate surface area is 92.4 Å². The summed E-state index contributed by atoms with van der Waals surface area (Å²) in [6.07, 6.45) is 4.01. The van der Waals surface area contributed by atoms with Crippen molar-refractivity contribution in [1.82, 2.24) is 0 Å². The van der Waals surface area contributed by atoms with Gasteiger partial charge in [0.2, 0.25) is 0 Å². The van der Waals surface area contributed by atoms with Crippen molar-refractivity contribution in [3.05, 3.63) is 35.9 Å². The summed E-state index contributed by atoms with van der Waals surface area (Å²) in [5.74, 6) is 0. The number of benzene rings is 1. The molecule has 0 aliphatic carbocycles. The Balaban J connectivity index is 2.75. The Morgan fingerprint density at radius 1 is 1.13 bits per heavy atom. The molecule has 2 N–H and O–H groups in total. The Bertz CT molecular complexity index is 297. The third-order valence-electron chi connectivity index (χ3n) is 2.47. The number of rotatable bonds is 5. The largest absolute Gasteiger partial charge is 0.372 e. The monoisotopic (exact) mass is 204 g/mol. The fourth-order valence-electron chi connectivity index (χ4n) is 1.59. The van der Waals surface area contributed by atoms with Crippen LogP contribution < -0.4 is 10.6 Å². The highest BCUT2D eigenvalue weighted by Gasteiger charge is 1.99. The first-order chi connectivity index (χ1) is 7.31. The molecule has 0 saturated carbocycles. The lowest BCUT2D eigenvalue weighted by molar-refractivity contribution is 0.866. The molecule has 0 fully saturated rings. The molecule has 0 bridgehead atoms. The molecule has 0 unspecified atom stereocenters. The van der Waals surface area contributed by atoms with E-state index in [2.05, 4.69) is 43.0 Å². The summed E-state index contributed by atoms with van der Waals surface area (Å²) in [7, 11) is 0. The molecule has 0 atom stereocenters. The first-order valence-corrected chi connectivity index (χ1v) is 5.53. The molecule has 0 heterocycles. The van der Waals surface area contributed by atoms with Crippen LogP contribution in [-0.2, 0) is 0 Å². The molecule has 0 aliphatic rings. The van der Waals surface area contributed by atoms with E-state index in [1.165, 1.54) is 11.3 Å². The van der Waals surface area contributed by atoms with Gasteiger partial charge in [0.15, 0.2) is 0 Å². The minimum atomic E-state index is 0.595. The van der Waals surface area contributed by atoms with Crippen LogP contribution in [0.3, 0.4) is 0 Å². The van der Waals surface area contributed by atoms with Gasteiger partial charge in [-0.3, -0.25) is 0 Å². The molecule has 0 spiro atoms. The summed E-state index contributed by atoms with van der Waals surface area (Å²) in [6.45, 7) is 7.04. The maximum Gasteiger partial charge on any atom is 0.0366 e. The Kier molecular flexibility index (Phi) is 4.91. The zero-order valence-electron chi connectivity index (χ0n) is 9.61. The summed E-state index contributed by atoms with van der Waals surface area (Å²) in [6, 6.07) is 8.56. The van der Waals surface area contributed by atoms with Gasteiger partial charge < -0.3 is 10.6 Å². The number of nitrogens with zero attached hydrogens (tertiary/aromatic N) is 1. The van der Waals surface area contributed by atoms with Crippen molar-refractivity contribution in [2.75, 3.05) is 24.5 Å². The van der Waals surface area contributed by atoms with Crippen molar-refractivity contribution in [1.29, 1.82) is 0 Å². The second-order valence-corrected chi connectivity index (χ2v) is 3.40. The Morgan fingerprint density at radius 2 is 1.73 bits per heavy atom. The van der Waals surface area contributed by atoms with Gasteiger partial charge >= 0.3 is 0 Å². The average molecular weight is 204 g/mol. The lowest BCUT2D eigenvalue weighted by Gasteiger charge is -2.20. The summed E-state index contributed by atoms with van der Waals surface area (Å²) < 4.78 is 0. The van der Waals surface area contributed by atoms with Gasteiger partial charge in [0.1, 0.15) is 0 Å². The second-order valence-electron chi connectivity index (χ2n) is 3.40. The van der Waals surface area contributed by atoms with Crippen LogP contribution in [0.5, 0.6) is 0 Å². The molecular weight excluding hydrogens is 184 g/mol. The van der Waals surface area contributed by atoms with E-state index in [0.717, 1.165) is 13.1 Å². The van der Waals surface area contributed by atoms with Crippen molar-refractivity contribution < 1.29 is 0 Å². The number of hydrogen-bond donors (Lipinski definition) is 1. The molecule has 0 amide bonds. The first kappa shape index (κ1) is 11.8. The van der Waals surface area contributed by atoms with E-state index in [0.29, 0.717) is 6.54 Å². The fraction of sp³-hybridized carbons (Fsp3) is 0.385. The van der Waals surface area contributed by atoms with Gasteiger partial charge in [-0.05, 0) is 31.5 Å². The van der Waals surface area contributed by atoms with Gasteiger partial charge in [0.25, 0.3) is 0 Å². The maximum absolute atomic E-state index is 5.40. The SMILES string of the molecule is CCN(CC)c1ccc(C=CCN)cc1. The van der Waals surface area contributed by atoms with Crippen LogP contribution in [0.2, 0.25) is 0 Å². The molecule has 0 aliphatic heterocycles. The van der Waals surface area contributed by atoms with E-state index in [1.807, 2.05) is 12.2 Å². The third kappa shape index (κ3) is 3.40. The van der Waals surface area contributed by atoms with Crippen LogP contribution >= 0.6 is 0 Å². The number of hydrogen-bond acceptors (Lipinski definition) is 2. The van der Waals surface area contributed by atoms with E-state index in [9.17, 15) is 0 Å². The molecule has 2 heteroatoms. The molecule has 82 valence electrons. The summed E-state index contributed by atoms with van der Waals surface area (Å²) in [4.78, 5) is 2.33. The molecule has 2 nitrogen and oxygen atoms in total. The van der Waals surface area contributed by atoms with Crippen LogP contribution in [0.4, 0.5) is 5.69 Å². The average Bonchev–Trinajstić information content (AvgIpc) is 2.29. The van der Waals surface area contributed by atoms with Gasteiger partial charge in [-0.25, -0.2) is 0 Å². The molecule has 1 aromatic rings. The topological polar surface area (TPSA) is 29.3 Å². The summed E-state index contributed by atoms with van der Waals surface area (Å²) in [5, 5.41) is 0. The normalized spacial score (nSPS) is 10.9. The van der Waals surface area contributed by atoms with Crippen molar-refractivity contribution in [2.45, 2.75) is 13.8 Å². The first-order valence-electron chi connectivity index (χ1n) is 5.53. The zero-order valence-corrected chi connectivity index (χ0v) is 9.61. The van der Waals surface area contributed by atoms with Gasteiger partial charge in [0, 0.05) is 25.3 Å². The lowest BCUT2D eigenvalue weighted by Crippen LogP contribution is -2.21. The molecule has 0 radical (unpaired) electrons. The number of anilines is 1. The van der Waals surface area contributed by atoms with E-state index in [-0.39, 0.29) is 0 Å². The highest BCUT2D eigenvalue weighted by Crippen LogP contribution is 2.15. The van der Waals surface area contributed by atoms with Crippen molar-refractivity contribution >= 4 is 11.8 Å². The van der Waals surface area contributed by atoms with E-state index in [4.69, 9.17) is 5.73 Å². The standard InChI is InChI=1S/C13H20N2/c1-3-15(4-2)13-9-7-12(8-10-13)6-5-11-14/h5-10H,3-4,11,14H2,1-2H3. The number of nitrogens with two attached hydrogens (primary N) is 1. The Morgan fingerprint density at radius 3 is 2.20 bits per heavy atom. The predicted molar refractivity (Wildman–Crippen MR) is 68.1 cm³/mol. The van der Waals surface area contributed by atoms with Crippen molar-refractivity contribution in [2.24, 2.45) is 5.73 Å². The van der Waals surface area contributed by atoms with Gasteiger partial charge in [-0.15, -0.1) is 0 Å².